The van der Waals surface area contributed by atoms with E-state index < -0.39 is 0 Å². The zero-order valence-corrected chi connectivity index (χ0v) is 18.1. The molecule has 2 nitrogen and oxygen atoms in total. The van der Waals surface area contributed by atoms with Crippen LogP contribution in [0.4, 0.5) is 10.1 Å². The molecule has 0 bridgehead atoms. The highest BCUT2D eigenvalue weighted by molar-refractivity contribution is 14.1. The minimum atomic E-state index is -0.219. The van der Waals surface area contributed by atoms with Crippen LogP contribution in [0.25, 0.3) is 0 Å². The van der Waals surface area contributed by atoms with Gasteiger partial charge in [0, 0.05) is 22.2 Å². The molecular weight excluding hydrogens is 440 g/mol. The van der Waals surface area contributed by atoms with E-state index >= 15 is 0 Å². The third kappa shape index (κ3) is 4.46. The Morgan fingerprint density at radius 2 is 2.08 bits per heavy atom. The molecule has 1 aliphatic heterocycles. The number of benzene rings is 1. The molecule has 0 aromatic heterocycles. The fraction of sp³-hybridized carbons (Fsp3) is 0.364. The largest absolute Gasteiger partial charge is 0.395 e. The van der Waals surface area contributed by atoms with Crippen LogP contribution in [0.3, 0.4) is 0 Å². The van der Waals surface area contributed by atoms with Gasteiger partial charge in [-0.2, -0.15) is 0 Å². The summed E-state index contributed by atoms with van der Waals surface area (Å²) in [6, 6.07) is 3.75. The maximum absolute atomic E-state index is 14.9. The number of halogens is 2. The zero-order valence-electron chi connectivity index (χ0n) is 15.9. The van der Waals surface area contributed by atoms with Crippen LogP contribution in [-0.2, 0) is 6.42 Å². The molecule has 1 N–H and O–H groups in total. The van der Waals surface area contributed by atoms with Gasteiger partial charge in [-0.15, -0.1) is 0 Å². The van der Waals surface area contributed by atoms with Crippen molar-refractivity contribution in [3.8, 4) is 0 Å². The topological polar surface area (TPSA) is 23.5 Å². The molecule has 1 aliphatic rings. The first-order valence-corrected chi connectivity index (χ1v) is 9.91. The van der Waals surface area contributed by atoms with Gasteiger partial charge in [0.25, 0.3) is 0 Å². The van der Waals surface area contributed by atoms with E-state index in [0.29, 0.717) is 18.7 Å². The van der Waals surface area contributed by atoms with Crippen LogP contribution in [0.15, 0.2) is 57.4 Å². The quantitative estimate of drug-likeness (QED) is 0.408. The number of aliphatic hydroxyl groups excluding tert-OH is 1. The van der Waals surface area contributed by atoms with E-state index in [0.717, 1.165) is 14.7 Å². The molecule has 1 heterocycles. The molecule has 26 heavy (non-hydrogen) atoms. The number of fused-ring (bicyclic) bond motifs is 1. The Morgan fingerprint density at radius 3 is 2.69 bits per heavy atom. The van der Waals surface area contributed by atoms with Crippen molar-refractivity contribution in [3.63, 3.8) is 0 Å². The van der Waals surface area contributed by atoms with Crippen molar-refractivity contribution in [2.75, 3.05) is 18.1 Å². The molecule has 0 radical (unpaired) electrons. The summed E-state index contributed by atoms with van der Waals surface area (Å²) < 4.78 is 16.1. The number of anilines is 1. The molecule has 1 atom stereocenters. The average molecular weight is 467 g/mol. The zero-order chi connectivity index (χ0) is 19.4. The van der Waals surface area contributed by atoms with E-state index in [9.17, 15) is 9.50 Å². The summed E-state index contributed by atoms with van der Waals surface area (Å²) >= 11 is 2.30. The summed E-state index contributed by atoms with van der Waals surface area (Å²) in [7, 11) is 0. The van der Waals surface area contributed by atoms with Crippen LogP contribution < -0.4 is 4.90 Å². The summed E-state index contributed by atoms with van der Waals surface area (Å²) in [6.07, 6.45) is 6.42. The van der Waals surface area contributed by atoms with E-state index in [-0.39, 0.29) is 18.3 Å². The van der Waals surface area contributed by atoms with E-state index in [1.165, 1.54) is 16.7 Å². The summed E-state index contributed by atoms with van der Waals surface area (Å²) in [4.78, 5) is 1.83. The second kappa shape index (κ2) is 9.00. The van der Waals surface area contributed by atoms with Crippen LogP contribution in [-0.4, -0.2) is 18.3 Å². The van der Waals surface area contributed by atoms with Crippen molar-refractivity contribution < 1.29 is 9.50 Å². The molecule has 2 rings (SSSR count). The second-order valence-corrected chi connectivity index (χ2v) is 8.02. The van der Waals surface area contributed by atoms with Crippen LogP contribution in [0.1, 0.15) is 44.7 Å². The Bertz CT molecular complexity index is 792. The van der Waals surface area contributed by atoms with Crippen molar-refractivity contribution in [3.05, 3.63) is 74.3 Å². The minimum Gasteiger partial charge on any atom is -0.395 e. The number of β-amino-alcohol motifs (C(OH)–C–C–N with tert-alkyl or cyclic N) is 1. The normalized spacial score (nSPS) is 18.3. The predicted octanol–water partition coefficient (Wildman–Crippen LogP) is 6.03. The summed E-state index contributed by atoms with van der Waals surface area (Å²) in [5.41, 5.74) is 6.17. The van der Waals surface area contributed by atoms with Gasteiger partial charge in [-0.05, 0) is 84.2 Å². The van der Waals surface area contributed by atoms with Gasteiger partial charge in [0.05, 0.1) is 12.3 Å². The average Bonchev–Trinajstić information content (AvgIpc) is 2.58. The molecule has 0 spiro atoms. The monoisotopic (exact) mass is 467 g/mol. The van der Waals surface area contributed by atoms with Gasteiger partial charge < -0.3 is 10.0 Å². The van der Waals surface area contributed by atoms with E-state index in [1.807, 2.05) is 17.2 Å². The highest BCUT2D eigenvalue weighted by Gasteiger charge is 2.25. The lowest BCUT2D eigenvalue weighted by Crippen LogP contribution is -2.27. The number of nitrogens with zero attached hydrogens (tertiary/aromatic N) is 1. The lowest BCUT2D eigenvalue weighted by molar-refractivity contribution is 0.304. The number of hydrogen-bond donors (Lipinski definition) is 1. The second-order valence-electron chi connectivity index (χ2n) is 6.86. The fourth-order valence-electron chi connectivity index (χ4n) is 3.24. The molecule has 140 valence electrons. The summed E-state index contributed by atoms with van der Waals surface area (Å²) in [5, 5.41) is 9.30. The lowest BCUT2D eigenvalue weighted by atomic mass is 9.87. The first-order chi connectivity index (χ1) is 12.3. The first-order valence-electron chi connectivity index (χ1n) is 8.83. The van der Waals surface area contributed by atoms with Crippen LogP contribution in [0, 0.1) is 5.82 Å². The molecule has 0 amide bonds. The third-order valence-electron chi connectivity index (χ3n) is 5.02. The molecule has 1 aromatic rings. The third-order valence-corrected chi connectivity index (χ3v) is 6.19. The smallest absolute Gasteiger partial charge is 0.147 e. The maximum atomic E-state index is 14.9. The van der Waals surface area contributed by atoms with Crippen molar-refractivity contribution in [1.82, 2.24) is 0 Å². The maximum Gasteiger partial charge on any atom is 0.147 e. The summed E-state index contributed by atoms with van der Waals surface area (Å²) in [5.74, 6) is -0.0519. The molecule has 1 aromatic carbocycles. The number of hydrogen-bond acceptors (Lipinski definition) is 2. The van der Waals surface area contributed by atoms with Crippen molar-refractivity contribution in [2.45, 2.75) is 40.0 Å². The first kappa shape index (κ1) is 20.9. The van der Waals surface area contributed by atoms with E-state index in [2.05, 4.69) is 62.9 Å². The van der Waals surface area contributed by atoms with Crippen molar-refractivity contribution in [1.29, 1.82) is 0 Å². The van der Waals surface area contributed by atoms with E-state index in [4.69, 9.17) is 0 Å². The molecule has 0 fully saturated rings. The van der Waals surface area contributed by atoms with Gasteiger partial charge in [-0.3, -0.25) is 0 Å². The van der Waals surface area contributed by atoms with Gasteiger partial charge in [0.2, 0.25) is 0 Å². The van der Waals surface area contributed by atoms with Gasteiger partial charge in [-0.1, -0.05) is 31.2 Å². The van der Waals surface area contributed by atoms with Crippen LogP contribution in [0.2, 0.25) is 0 Å². The molecular formula is C22H27FINO. The van der Waals surface area contributed by atoms with Gasteiger partial charge in [0.15, 0.2) is 0 Å². The molecule has 4 heteroatoms. The van der Waals surface area contributed by atoms with E-state index in [1.54, 1.807) is 12.1 Å². The Balaban J connectivity index is 2.44. The standard InChI is InChI=1S/C22H27FINO/c1-6-7-21(24)17(5)14(2)10-18-11-19-16(4)15(3)13-25(8-9-26)22(19)20(23)12-18/h6-7,11-13,16,26H,1,8-10H2,2-5H3/b17-14+,21-7+. The molecule has 0 saturated carbocycles. The predicted molar refractivity (Wildman–Crippen MR) is 117 cm³/mol. The molecule has 1 unspecified atom stereocenters. The van der Waals surface area contributed by atoms with Gasteiger partial charge in [-0.25, -0.2) is 4.39 Å². The number of rotatable bonds is 6. The van der Waals surface area contributed by atoms with Gasteiger partial charge >= 0.3 is 0 Å². The minimum absolute atomic E-state index is 0.00604. The Morgan fingerprint density at radius 1 is 1.38 bits per heavy atom. The highest BCUT2D eigenvalue weighted by atomic mass is 127. The fourth-order valence-corrected chi connectivity index (χ4v) is 3.95. The highest BCUT2D eigenvalue weighted by Crippen LogP contribution is 2.40. The number of aliphatic hydroxyl groups is 1. The SMILES string of the molecule is C=C/C=C(I)\C(C)=C(/C)Cc1cc(F)c2c(c1)C(C)C(C)=CN2CCO. The van der Waals surface area contributed by atoms with Gasteiger partial charge in [0.1, 0.15) is 5.82 Å². The molecule has 0 aliphatic carbocycles. The van der Waals surface area contributed by atoms with Crippen molar-refractivity contribution >= 4 is 28.3 Å². The Labute approximate surface area is 169 Å². The lowest BCUT2D eigenvalue weighted by Gasteiger charge is -2.32. The van der Waals surface area contributed by atoms with Crippen LogP contribution in [0.5, 0.6) is 0 Å². The van der Waals surface area contributed by atoms with Crippen LogP contribution >= 0.6 is 22.6 Å². The Kier molecular flexibility index (Phi) is 7.24. The Hall–Kier alpha value is -1.40. The van der Waals surface area contributed by atoms with Crippen molar-refractivity contribution in [2.24, 2.45) is 0 Å². The summed E-state index contributed by atoms with van der Waals surface area (Å²) in [6.45, 7) is 12.5. The molecule has 0 saturated heterocycles. The number of allylic oxidation sites excluding steroid dienone is 6.